The fourth-order valence-electron chi connectivity index (χ4n) is 2.98. The highest BCUT2D eigenvalue weighted by Gasteiger charge is 2.15. The van der Waals surface area contributed by atoms with E-state index in [9.17, 15) is 4.79 Å². The van der Waals surface area contributed by atoms with Gasteiger partial charge in [-0.1, -0.05) is 12.1 Å². The molecule has 0 aliphatic carbocycles. The number of nitrogens with zero attached hydrogens (tertiary/aromatic N) is 3. The molecular weight excluding hydrogens is 316 g/mol. The first-order chi connectivity index (χ1) is 12.2. The average molecular weight is 334 g/mol. The maximum atomic E-state index is 12.5. The van der Waals surface area contributed by atoms with Crippen molar-refractivity contribution in [2.24, 2.45) is 0 Å². The largest absolute Gasteiger partial charge is 0.493 e. The van der Waals surface area contributed by atoms with E-state index < -0.39 is 0 Å². The van der Waals surface area contributed by atoms with E-state index in [2.05, 4.69) is 15.5 Å². The Bertz CT molecular complexity index is 933. The smallest absolute Gasteiger partial charge is 0.255 e. The van der Waals surface area contributed by atoms with Gasteiger partial charge in [0.15, 0.2) is 5.82 Å². The molecule has 6 heteroatoms. The Morgan fingerprint density at radius 2 is 2.20 bits per heavy atom. The van der Waals surface area contributed by atoms with Gasteiger partial charge in [0.2, 0.25) is 0 Å². The molecule has 2 aromatic carbocycles. The third-order valence-electron chi connectivity index (χ3n) is 4.29. The van der Waals surface area contributed by atoms with Gasteiger partial charge in [0.05, 0.1) is 6.61 Å². The van der Waals surface area contributed by atoms with Gasteiger partial charge < -0.3 is 14.6 Å². The monoisotopic (exact) mass is 334 g/mol. The summed E-state index contributed by atoms with van der Waals surface area (Å²) in [6.07, 6.45) is 2.55. The summed E-state index contributed by atoms with van der Waals surface area (Å²) in [5.74, 6) is 1.52. The number of fused-ring (bicyclic) bond motifs is 1. The van der Waals surface area contributed by atoms with E-state index in [4.69, 9.17) is 4.74 Å². The molecule has 1 amide bonds. The molecule has 0 saturated carbocycles. The topological polar surface area (TPSA) is 69.0 Å². The molecule has 3 aromatic rings. The zero-order chi connectivity index (χ0) is 17.2. The van der Waals surface area contributed by atoms with E-state index in [0.29, 0.717) is 12.2 Å². The normalized spacial score (nSPS) is 12.5. The minimum atomic E-state index is -0.135. The van der Waals surface area contributed by atoms with Crippen molar-refractivity contribution in [1.82, 2.24) is 14.8 Å². The van der Waals surface area contributed by atoms with E-state index in [1.54, 1.807) is 12.4 Å². The number of carbonyl (C=O) groups excluding carboxylic acids is 1. The molecular formula is C19H18N4O2. The minimum Gasteiger partial charge on any atom is -0.493 e. The number of anilines is 1. The first-order valence-electron chi connectivity index (χ1n) is 8.30. The summed E-state index contributed by atoms with van der Waals surface area (Å²) < 4.78 is 7.44. The summed E-state index contributed by atoms with van der Waals surface area (Å²) in [5, 5.41) is 11.1. The summed E-state index contributed by atoms with van der Waals surface area (Å²) in [5.41, 5.74) is 3.35. The highest BCUT2D eigenvalue weighted by Crippen LogP contribution is 2.26. The number of benzene rings is 2. The second-order valence-corrected chi connectivity index (χ2v) is 5.90. The molecule has 0 radical (unpaired) electrons. The lowest BCUT2D eigenvalue weighted by atomic mass is 10.1. The van der Waals surface area contributed by atoms with E-state index in [0.717, 1.165) is 41.4 Å². The van der Waals surface area contributed by atoms with Crippen LogP contribution in [-0.2, 0) is 13.0 Å². The maximum absolute atomic E-state index is 12.5. The molecule has 0 atom stereocenters. The van der Waals surface area contributed by atoms with Crippen LogP contribution in [-0.4, -0.2) is 27.3 Å². The zero-order valence-electron chi connectivity index (χ0n) is 13.9. The molecule has 6 nitrogen and oxygen atoms in total. The van der Waals surface area contributed by atoms with Gasteiger partial charge >= 0.3 is 0 Å². The van der Waals surface area contributed by atoms with Gasteiger partial charge in [-0.2, -0.15) is 0 Å². The first-order valence-corrected chi connectivity index (χ1v) is 8.30. The maximum Gasteiger partial charge on any atom is 0.255 e. The van der Waals surface area contributed by atoms with Crippen LogP contribution < -0.4 is 10.1 Å². The number of ether oxygens (including phenoxy) is 1. The minimum absolute atomic E-state index is 0.135. The van der Waals surface area contributed by atoms with Crippen molar-refractivity contribution >= 4 is 11.6 Å². The molecule has 25 heavy (non-hydrogen) atoms. The number of nitrogens with one attached hydrogen (secondary N) is 1. The lowest BCUT2D eigenvalue weighted by Gasteiger charge is -2.09. The number of aryl methyl sites for hydroxylation is 1. The zero-order valence-corrected chi connectivity index (χ0v) is 13.9. The molecule has 1 aliphatic rings. The quantitative estimate of drug-likeness (QED) is 0.796. The second-order valence-electron chi connectivity index (χ2n) is 5.90. The van der Waals surface area contributed by atoms with E-state index in [-0.39, 0.29) is 5.91 Å². The molecule has 126 valence electrons. The number of amides is 1. The van der Waals surface area contributed by atoms with Gasteiger partial charge in [-0.25, -0.2) is 0 Å². The van der Waals surface area contributed by atoms with E-state index in [1.807, 2.05) is 47.9 Å². The molecule has 0 unspecified atom stereocenters. The third kappa shape index (κ3) is 2.98. The molecule has 0 saturated heterocycles. The Balaban J connectivity index is 1.57. The molecule has 0 spiro atoms. The van der Waals surface area contributed by atoms with Crippen LogP contribution in [0.1, 0.15) is 22.8 Å². The highest BCUT2D eigenvalue weighted by molar-refractivity contribution is 6.04. The van der Waals surface area contributed by atoms with Crippen molar-refractivity contribution in [3.8, 4) is 17.1 Å². The Kier molecular flexibility index (Phi) is 3.93. The standard InChI is InChI=1S/C19H18N4O2/c1-2-23-12-20-22-18(23)14-4-3-5-16(11-14)21-19(24)15-6-7-17-13(10-15)8-9-25-17/h3-7,10-12H,2,8-9H2,1H3,(H,21,24). The average Bonchev–Trinajstić information content (AvgIpc) is 3.30. The Hall–Kier alpha value is -3.15. The van der Waals surface area contributed by atoms with Gasteiger partial charge in [-0.05, 0) is 42.8 Å². The summed E-state index contributed by atoms with van der Waals surface area (Å²) >= 11 is 0. The van der Waals surface area contributed by atoms with Gasteiger partial charge in [-0.3, -0.25) is 4.79 Å². The predicted octanol–water partition coefficient (Wildman–Crippen LogP) is 3.15. The van der Waals surface area contributed by atoms with Crippen molar-refractivity contribution in [3.05, 3.63) is 59.9 Å². The third-order valence-corrected chi connectivity index (χ3v) is 4.29. The number of hydrogen-bond acceptors (Lipinski definition) is 4. The molecule has 4 rings (SSSR count). The lowest BCUT2D eigenvalue weighted by molar-refractivity contribution is 0.102. The van der Waals surface area contributed by atoms with Crippen LogP contribution >= 0.6 is 0 Å². The van der Waals surface area contributed by atoms with Crippen LogP contribution in [0.25, 0.3) is 11.4 Å². The van der Waals surface area contributed by atoms with Crippen LogP contribution in [0, 0.1) is 0 Å². The molecule has 1 N–H and O–H groups in total. The SMILES string of the molecule is CCn1cnnc1-c1cccc(NC(=O)c2ccc3c(c2)CCO3)c1. The van der Waals surface area contributed by atoms with Crippen LogP contribution in [0.15, 0.2) is 48.8 Å². The second kappa shape index (κ2) is 6.39. The number of aromatic nitrogens is 3. The molecule has 2 heterocycles. The summed E-state index contributed by atoms with van der Waals surface area (Å²) in [6.45, 7) is 3.51. The van der Waals surface area contributed by atoms with Gasteiger partial charge in [0, 0.05) is 29.8 Å². The number of carbonyl (C=O) groups is 1. The summed E-state index contributed by atoms with van der Waals surface area (Å²) in [4.78, 5) is 12.5. The Morgan fingerprint density at radius 1 is 1.28 bits per heavy atom. The van der Waals surface area contributed by atoms with Gasteiger partial charge in [0.25, 0.3) is 5.91 Å². The molecule has 1 aromatic heterocycles. The fourth-order valence-corrected chi connectivity index (χ4v) is 2.98. The van der Waals surface area contributed by atoms with Gasteiger partial charge in [-0.15, -0.1) is 10.2 Å². The summed E-state index contributed by atoms with van der Waals surface area (Å²) in [7, 11) is 0. The number of hydrogen-bond donors (Lipinski definition) is 1. The van der Waals surface area contributed by atoms with Crippen molar-refractivity contribution in [1.29, 1.82) is 0 Å². The van der Waals surface area contributed by atoms with Crippen LogP contribution in [0.2, 0.25) is 0 Å². The van der Waals surface area contributed by atoms with Crippen LogP contribution in [0.3, 0.4) is 0 Å². The highest BCUT2D eigenvalue weighted by atomic mass is 16.5. The molecule has 1 aliphatic heterocycles. The fraction of sp³-hybridized carbons (Fsp3) is 0.211. The van der Waals surface area contributed by atoms with Crippen LogP contribution in [0.5, 0.6) is 5.75 Å². The first kappa shape index (κ1) is 15.4. The van der Waals surface area contributed by atoms with Crippen molar-refractivity contribution < 1.29 is 9.53 Å². The van der Waals surface area contributed by atoms with Crippen LogP contribution in [0.4, 0.5) is 5.69 Å². The molecule has 0 bridgehead atoms. The Labute approximate surface area is 145 Å². The summed E-state index contributed by atoms with van der Waals surface area (Å²) in [6, 6.07) is 13.2. The van der Waals surface area contributed by atoms with Gasteiger partial charge in [0.1, 0.15) is 12.1 Å². The lowest BCUT2D eigenvalue weighted by Crippen LogP contribution is -2.12. The van der Waals surface area contributed by atoms with E-state index in [1.165, 1.54) is 0 Å². The Morgan fingerprint density at radius 3 is 3.08 bits per heavy atom. The predicted molar refractivity (Wildman–Crippen MR) is 94.7 cm³/mol. The number of rotatable bonds is 4. The van der Waals surface area contributed by atoms with Crippen molar-refractivity contribution in [3.63, 3.8) is 0 Å². The van der Waals surface area contributed by atoms with E-state index >= 15 is 0 Å². The molecule has 0 fully saturated rings. The van der Waals surface area contributed by atoms with Crippen molar-refractivity contribution in [2.45, 2.75) is 19.9 Å². The van der Waals surface area contributed by atoms with Crippen molar-refractivity contribution in [2.75, 3.05) is 11.9 Å².